The van der Waals surface area contributed by atoms with E-state index in [4.69, 9.17) is 31.7 Å². The third kappa shape index (κ3) is 5.01. The predicted molar refractivity (Wildman–Crippen MR) is 199 cm³/mol. The molecule has 10 heteroatoms. The molecule has 3 aromatic carbocycles. The fourth-order valence-electron chi connectivity index (χ4n) is 8.80. The largest absolute Gasteiger partial charge is 0.481 e. The lowest BCUT2D eigenvalue weighted by Crippen LogP contribution is -2.51. The summed E-state index contributed by atoms with van der Waals surface area (Å²) >= 11 is 6.68. The van der Waals surface area contributed by atoms with E-state index >= 15 is 0 Å². The van der Waals surface area contributed by atoms with Gasteiger partial charge < -0.3 is 15.0 Å². The van der Waals surface area contributed by atoms with Crippen molar-refractivity contribution in [3.63, 3.8) is 0 Å². The summed E-state index contributed by atoms with van der Waals surface area (Å²) in [5.41, 5.74) is 3.93. The molecule has 3 aliphatic rings. The minimum absolute atomic E-state index is 0.160. The average molecular weight is 694 g/mol. The first-order valence-corrected chi connectivity index (χ1v) is 17.9. The molecule has 0 saturated heterocycles. The number of aryl methyl sites for hydroxylation is 1. The van der Waals surface area contributed by atoms with Crippen LogP contribution in [-0.4, -0.2) is 46.4 Å². The van der Waals surface area contributed by atoms with Gasteiger partial charge in [0.05, 0.1) is 21.7 Å². The highest BCUT2D eigenvalue weighted by molar-refractivity contribution is 6.31. The van der Waals surface area contributed by atoms with Crippen LogP contribution in [0.25, 0.3) is 33.6 Å². The number of hydrogen-bond donors (Lipinski definition) is 2. The SMILES string of the molecule is Cn1ccc2c(NC3C4CCC(CC4)C3C(=O)O)nc(-c3nn(C(c4ccccc4)(c4ccccc4)c4ccccc4)c4ncc(Cl)cc34)nc21. The maximum absolute atomic E-state index is 12.6. The van der Waals surface area contributed by atoms with Crippen molar-refractivity contribution in [2.45, 2.75) is 37.3 Å². The summed E-state index contributed by atoms with van der Waals surface area (Å²) in [6.07, 6.45) is 7.55. The summed E-state index contributed by atoms with van der Waals surface area (Å²) in [4.78, 5) is 27.8. The number of nitrogens with zero attached hydrogens (tertiary/aromatic N) is 6. The highest BCUT2D eigenvalue weighted by atomic mass is 35.5. The van der Waals surface area contributed by atoms with E-state index in [2.05, 4.69) is 41.7 Å². The van der Waals surface area contributed by atoms with Crippen LogP contribution in [0, 0.1) is 17.8 Å². The van der Waals surface area contributed by atoms with Gasteiger partial charge in [0.15, 0.2) is 11.5 Å². The van der Waals surface area contributed by atoms with E-state index in [1.54, 1.807) is 6.20 Å². The molecule has 9 nitrogen and oxygen atoms in total. The Morgan fingerprint density at radius 3 is 1.98 bits per heavy atom. The Labute approximate surface area is 300 Å². The van der Waals surface area contributed by atoms with Crippen molar-refractivity contribution < 1.29 is 9.90 Å². The highest BCUT2D eigenvalue weighted by Crippen LogP contribution is 2.47. The number of fused-ring (bicyclic) bond motifs is 5. The summed E-state index contributed by atoms with van der Waals surface area (Å²) in [5, 5.41) is 21.5. The number of nitrogens with one attached hydrogen (secondary N) is 1. The number of anilines is 1. The van der Waals surface area contributed by atoms with Gasteiger partial charge in [-0.3, -0.25) is 4.79 Å². The summed E-state index contributed by atoms with van der Waals surface area (Å²) < 4.78 is 3.94. The summed E-state index contributed by atoms with van der Waals surface area (Å²) in [6, 6.07) is 34.6. The van der Waals surface area contributed by atoms with Crippen LogP contribution in [0.4, 0.5) is 5.82 Å². The first-order chi connectivity index (χ1) is 24.9. The van der Waals surface area contributed by atoms with Gasteiger partial charge in [-0.1, -0.05) is 103 Å². The third-order valence-corrected chi connectivity index (χ3v) is 11.3. The molecule has 51 heavy (non-hydrogen) atoms. The van der Waals surface area contributed by atoms with Gasteiger partial charge in [0.1, 0.15) is 22.7 Å². The number of carboxylic acid groups (broad SMARTS) is 1. The van der Waals surface area contributed by atoms with E-state index in [-0.39, 0.29) is 17.9 Å². The van der Waals surface area contributed by atoms with Gasteiger partial charge in [-0.2, -0.15) is 5.10 Å². The lowest BCUT2D eigenvalue weighted by Gasteiger charge is -2.47. The molecule has 2 N–H and O–H groups in total. The maximum Gasteiger partial charge on any atom is 0.308 e. The number of aromatic nitrogens is 6. The average Bonchev–Trinajstić information content (AvgIpc) is 3.74. The molecule has 2 bridgehead atoms. The molecular weight excluding hydrogens is 658 g/mol. The molecule has 2 unspecified atom stereocenters. The van der Waals surface area contributed by atoms with Crippen LogP contribution in [0.5, 0.6) is 0 Å². The maximum atomic E-state index is 12.6. The monoisotopic (exact) mass is 693 g/mol. The molecule has 0 spiro atoms. The quantitative estimate of drug-likeness (QED) is 0.155. The van der Waals surface area contributed by atoms with Crippen LogP contribution < -0.4 is 5.32 Å². The lowest BCUT2D eigenvalue weighted by atomic mass is 9.61. The number of carbonyl (C=O) groups is 1. The van der Waals surface area contributed by atoms with Crippen LogP contribution >= 0.6 is 11.6 Å². The lowest BCUT2D eigenvalue weighted by molar-refractivity contribution is -0.148. The van der Waals surface area contributed by atoms with Crippen LogP contribution in [0.1, 0.15) is 42.4 Å². The second-order valence-electron chi connectivity index (χ2n) is 13.9. The van der Waals surface area contributed by atoms with Crippen LogP contribution in [0.2, 0.25) is 5.02 Å². The zero-order chi connectivity index (χ0) is 34.7. The van der Waals surface area contributed by atoms with Crippen molar-refractivity contribution in [2.24, 2.45) is 24.8 Å². The number of aliphatic carboxylic acids is 1. The van der Waals surface area contributed by atoms with Crippen LogP contribution in [-0.2, 0) is 17.4 Å². The Kier molecular flexibility index (Phi) is 7.61. The minimum atomic E-state index is -0.937. The number of hydrogen-bond acceptors (Lipinski definition) is 6. The number of benzene rings is 3. The topological polar surface area (TPSA) is 111 Å². The van der Waals surface area contributed by atoms with E-state index in [1.165, 1.54) is 0 Å². The zero-order valence-electron chi connectivity index (χ0n) is 28.0. The molecule has 0 aliphatic heterocycles. The normalized spacial score (nSPS) is 20.2. The molecule has 4 heterocycles. The van der Waals surface area contributed by atoms with E-state index < -0.39 is 17.4 Å². The summed E-state index contributed by atoms with van der Waals surface area (Å²) in [7, 11) is 1.95. The van der Waals surface area contributed by atoms with E-state index in [1.807, 2.05) is 89.2 Å². The second-order valence-corrected chi connectivity index (χ2v) is 14.3. The standard InChI is InChI=1S/C41H36ClN7O2/c1-48-22-21-31-36(44-34-26-19-17-25(18-20-26)33(34)40(50)51)45-37(46-39(31)48)35-32-23-30(42)24-43-38(32)49(47-35)41(27-11-5-2-6-12-27,28-13-7-3-8-14-28)29-15-9-4-10-16-29/h2-16,21-26,33-34H,17-20H2,1H3,(H,50,51)(H,44,45,46). The van der Waals surface area contributed by atoms with Crippen LogP contribution in [0.3, 0.4) is 0 Å². The smallest absolute Gasteiger partial charge is 0.308 e. The number of carboxylic acids is 1. The Morgan fingerprint density at radius 1 is 0.804 bits per heavy atom. The Bertz CT molecular complexity index is 2290. The summed E-state index contributed by atoms with van der Waals surface area (Å²) in [5.74, 6) is 0.214. The fraction of sp³-hybridized carbons (Fsp3) is 0.244. The molecule has 0 amide bonds. The van der Waals surface area contributed by atoms with Gasteiger partial charge in [-0.05, 0) is 66.3 Å². The molecular formula is C41H36ClN7O2. The van der Waals surface area contributed by atoms with E-state index in [0.29, 0.717) is 39.0 Å². The van der Waals surface area contributed by atoms with Crippen molar-refractivity contribution in [1.82, 2.24) is 29.3 Å². The van der Waals surface area contributed by atoms with Gasteiger partial charge in [0.25, 0.3) is 0 Å². The molecule has 7 aromatic rings. The molecule has 10 rings (SSSR count). The number of rotatable bonds is 8. The Balaban J connectivity index is 1.31. The predicted octanol–water partition coefficient (Wildman–Crippen LogP) is 8.17. The molecule has 4 aromatic heterocycles. The van der Waals surface area contributed by atoms with E-state index in [0.717, 1.165) is 47.8 Å². The number of pyridine rings is 1. The zero-order valence-corrected chi connectivity index (χ0v) is 28.8. The minimum Gasteiger partial charge on any atom is -0.481 e. The van der Waals surface area contributed by atoms with Gasteiger partial charge in [-0.25, -0.2) is 19.6 Å². The molecule has 3 fully saturated rings. The van der Waals surface area contributed by atoms with Crippen molar-refractivity contribution in [3.8, 4) is 11.5 Å². The van der Waals surface area contributed by atoms with E-state index in [9.17, 15) is 9.90 Å². The third-order valence-electron chi connectivity index (χ3n) is 11.1. The van der Waals surface area contributed by atoms with Gasteiger partial charge in [-0.15, -0.1) is 0 Å². The van der Waals surface area contributed by atoms with Crippen molar-refractivity contribution in [1.29, 1.82) is 0 Å². The van der Waals surface area contributed by atoms with Gasteiger partial charge in [0, 0.05) is 25.5 Å². The van der Waals surface area contributed by atoms with Gasteiger partial charge in [0.2, 0.25) is 0 Å². The summed E-state index contributed by atoms with van der Waals surface area (Å²) in [6.45, 7) is 0. The first kappa shape index (κ1) is 31.4. The second kappa shape index (κ2) is 12.3. The van der Waals surface area contributed by atoms with Crippen LogP contribution in [0.15, 0.2) is 116 Å². The highest BCUT2D eigenvalue weighted by Gasteiger charge is 2.48. The molecule has 254 valence electrons. The fourth-order valence-corrected chi connectivity index (χ4v) is 8.96. The molecule has 0 radical (unpaired) electrons. The number of halogens is 1. The van der Waals surface area contributed by atoms with Crippen molar-refractivity contribution in [2.75, 3.05) is 5.32 Å². The van der Waals surface area contributed by atoms with Crippen molar-refractivity contribution >= 4 is 45.5 Å². The van der Waals surface area contributed by atoms with Gasteiger partial charge >= 0.3 is 5.97 Å². The van der Waals surface area contributed by atoms with Crippen molar-refractivity contribution in [3.05, 3.63) is 137 Å². The molecule has 3 aliphatic carbocycles. The Hall–Kier alpha value is -5.54. The first-order valence-electron chi connectivity index (χ1n) is 17.5. The molecule has 3 saturated carbocycles. The molecule has 2 atom stereocenters. The Morgan fingerprint density at radius 2 is 1.39 bits per heavy atom.